The van der Waals surface area contributed by atoms with Gasteiger partial charge in [0.15, 0.2) is 0 Å². The fourth-order valence-electron chi connectivity index (χ4n) is 4.16. The topological polar surface area (TPSA) is 29.3 Å². The van der Waals surface area contributed by atoms with Crippen molar-refractivity contribution in [2.24, 2.45) is 5.73 Å². The highest BCUT2D eigenvalue weighted by molar-refractivity contribution is 5.28. The van der Waals surface area contributed by atoms with E-state index in [4.69, 9.17) is 5.73 Å². The van der Waals surface area contributed by atoms with Crippen LogP contribution in [0.25, 0.3) is 0 Å². The second-order valence-corrected chi connectivity index (χ2v) is 6.45. The second kappa shape index (κ2) is 7.42. The van der Waals surface area contributed by atoms with E-state index in [1.54, 1.807) is 0 Å². The van der Waals surface area contributed by atoms with Gasteiger partial charge in [0.05, 0.1) is 0 Å². The quantitative estimate of drug-likeness (QED) is 0.811. The Balaban J connectivity index is 2.23. The highest BCUT2D eigenvalue weighted by Crippen LogP contribution is 2.43. The minimum atomic E-state index is 0.135. The third-order valence-electron chi connectivity index (χ3n) is 5.32. The third-order valence-corrected chi connectivity index (χ3v) is 5.32. The number of nitrogens with zero attached hydrogens (tertiary/aromatic N) is 1. The molecule has 1 unspecified atom stereocenters. The van der Waals surface area contributed by atoms with Crippen molar-refractivity contribution in [3.63, 3.8) is 0 Å². The smallest absolute Gasteiger partial charge is 0.0482 e. The summed E-state index contributed by atoms with van der Waals surface area (Å²) in [5.74, 6) is 0. The molecule has 1 aliphatic rings. The van der Waals surface area contributed by atoms with Crippen LogP contribution in [0.4, 0.5) is 0 Å². The van der Waals surface area contributed by atoms with Crippen LogP contribution in [0, 0.1) is 0 Å². The van der Waals surface area contributed by atoms with Crippen molar-refractivity contribution in [2.45, 2.75) is 70.9 Å². The van der Waals surface area contributed by atoms with Crippen molar-refractivity contribution in [3.05, 3.63) is 35.4 Å². The first-order chi connectivity index (χ1) is 10.2. The molecule has 0 aliphatic heterocycles. The highest BCUT2D eigenvalue weighted by Gasteiger charge is 2.43. The Morgan fingerprint density at radius 2 is 1.62 bits per heavy atom. The molecule has 1 aromatic carbocycles. The SMILES string of the molecule is CCCc1ccc(C(N)C2(N(CC)CC)CCCC2)cc1. The number of benzene rings is 1. The van der Waals surface area contributed by atoms with E-state index in [1.807, 2.05) is 0 Å². The van der Waals surface area contributed by atoms with Gasteiger partial charge in [-0.05, 0) is 43.5 Å². The first-order valence-corrected chi connectivity index (χ1v) is 8.77. The van der Waals surface area contributed by atoms with Gasteiger partial charge in [-0.25, -0.2) is 0 Å². The minimum Gasteiger partial charge on any atom is -0.322 e. The molecule has 1 aliphatic carbocycles. The molecule has 2 rings (SSSR count). The van der Waals surface area contributed by atoms with Gasteiger partial charge in [0.2, 0.25) is 0 Å². The van der Waals surface area contributed by atoms with Gasteiger partial charge in [-0.15, -0.1) is 0 Å². The average Bonchev–Trinajstić information content (AvgIpc) is 3.00. The van der Waals surface area contributed by atoms with Crippen molar-refractivity contribution in [3.8, 4) is 0 Å². The molecule has 0 bridgehead atoms. The number of nitrogens with two attached hydrogens (primary N) is 1. The van der Waals surface area contributed by atoms with E-state index in [2.05, 4.69) is 49.9 Å². The largest absolute Gasteiger partial charge is 0.322 e. The Labute approximate surface area is 130 Å². The van der Waals surface area contributed by atoms with Crippen molar-refractivity contribution in [1.29, 1.82) is 0 Å². The summed E-state index contributed by atoms with van der Waals surface area (Å²) in [5.41, 5.74) is 9.68. The molecule has 2 nitrogen and oxygen atoms in total. The van der Waals surface area contributed by atoms with E-state index in [0.29, 0.717) is 0 Å². The molecular weight excluding hydrogens is 256 g/mol. The lowest BCUT2D eigenvalue weighted by atomic mass is 9.82. The lowest BCUT2D eigenvalue weighted by Gasteiger charge is -2.45. The molecule has 1 fully saturated rings. The maximum atomic E-state index is 6.77. The van der Waals surface area contributed by atoms with Crippen LogP contribution in [0.1, 0.15) is 70.0 Å². The first-order valence-electron chi connectivity index (χ1n) is 8.77. The standard InChI is InChI=1S/C19H32N2/c1-4-9-16-10-12-17(13-11-16)18(20)19(14-7-8-15-19)21(5-2)6-3/h10-13,18H,4-9,14-15,20H2,1-3H3. The molecule has 2 heteroatoms. The molecule has 0 saturated heterocycles. The highest BCUT2D eigenvalue weighted by atomic mass is 15.2. The van der Waals surface area contributed by atoms with Crippen LogP contribution < -0.4 is 5.73 Å². The Morgan fingerprint density at radius 1 is 1.05 bits per heavy atom. The Morgan fingerprint density at radius 3 is 2.10 bits per heavy atom. The number of rotatable bonds is 7. The Hall–Kier alpha value is -0.860. The monoisotopic (exact) mass is 288 g/mol. The number of likely N-dealkylation sites (N-methyl/N-ethyl adjacent to an activating group) is 1. The molecule has 2 N–H and O–H groups in total. The van der Waals surface area contributed by atoms with E-state index < -0.39 is 0 Å². The van der Waals surface area contributed by atoms with Crippen LogP contribution in [-0.2, 0) is 6.42 Å². The zero-order chi connectivity index (χ0) is 15.3. The van der Waals surface area contributed by atoms with Crippen molar-refractivity contribution >= 4 is 0 Å². The summed E-state index contributed by atoms with van der Waals surface area (Å²) in [6, 6.07) is 9.20. The predicted molar refractivity (Wildman–Crippen MR) is 91.5 cm³/mol. The van der Waals surface area contributed by atoms with E-state index in [-0.39, 0.29) is 11.6 Å². The summed E-state index contributed by atoms with van der Waals surface area (Å²) in [6.07, 6.45) is 7.49. The molecule has 1 atom stereocenters. The fourth-order valence-corrected chi connectivity index (χ4v) is 4.16. The van der Waals surface area contributed by atoms with Crippen LogP contribution in [0.3, 0.4) is 0 Å². The van der Waals surface area contributed by atoms with E-state index in [1.165, 1.54) is 43.2 Å². The number of hydrogen-bond donors (Lipinski definition) is 1. The summed E-state index contributed by atoms with van der Waals surface area (Å²) >= 11 is 0. The maximum Gasteiger partial charge on any atom is 0.0482 e. The minimum absolute atomic E-state index is 0.135. The lowest BCUT2D eigenvalue weighted by molar-refractivity contribution is 0.0770. The van der Waals surface area contributed by atoms with Gasteiger partial charge in [0, 0.05) is 11.6 Å². The first kappa shape index (κ1) is 16.5. The number of aryl methyl sites for hydroxylation is 1. The van der Waals surface area contributed by atoms with Gasteiger partial charge < -0.3 is 5.73 Å². The van der Waals surface area contributed by atoms with Gasteiger partial charge in [0.25, 0.3) is 0 Å². The molecule has 0 aromatic heterocycles. The maximum absolute atomic E-state index is 6.77. The van der Waals surface area contributed by atoms with Crippen molar-refractivity contribution < 1.29 is 0 Å². The number of hydrogen-bond acceptors (Lipinski definition) is 2. The van der Waals surface area contributed by atoms with Gasteiger partial charge in [-0.3, -0.25) is 4.90 Å². The Kier molecular flexibility index (Phi) is 5.83. The van der Waals surface area contributed by atoms with Gasteiger partial charge in [0.1, 0.15) is 0 Å². The predicted octanol–water partition coefficient (Wildman–Crippen LogP) is 4.29. The van der Waals surface area contributed by atoms with Gasteiger partial charge in [-0.2, -0.15) is 0 Å². The van der Waals surface area contributed by atoms with Crippen molar-refractivity contribution in [2.75, 3.05) is 13.1 Å². The van der Waals surface area contributed by atoms with Crippen LogP contribution in [-0.4, -0.2) is 23.5 Å². The Bertz CT molecular complexity index is 414. The van der Waals surface area contributed by atoms with E-state index >= 15 is 0 Å². The van der Waals surface area contributed by atoms with Crippen molar-refractivity contribution in [1.82, 2.24) is 4.90 Å². The average molecular weight is 288 g/mol. The molecule has 0 spiro atoms. The van der Waals surface area contributed by atoms with E-state index in [9.17, 15) is 0 Å². The van der Waals surface area contributed by atoms with Crippen LogP contribution in [0.5, 0.6) is 0 Å². The van der Waals surface area contributed by atoms with E-state index in [0.717, 1.165) is 19.5 Å². The summed E-state index contributed by atoms with van der Waals surface area (Å²) in [4.78, 5) is 2.60. The normalized spacial score (nSPS) is 19.1. The summed E-state index contributed by atoms with van der Waals surface area (Å²) in [5, 5.41) is 0. The zero-order valence-electron chi connectivity index (χ0n) is 14.1. The zero-order valence-corrected chi connectivity index (χ0v) is 14.1. The summed E-state index contributed by atoms with van der Waals surface area (Å²) in [7, 11) is 0. The summed E-state index contributed by atoms with van der Waals surface area (Å²) < 4.78 is 0. The van der Waals surface area contributed by atoms with Crippen LogP contribution in [0.2, 0.25) is 0 Å². The lowest BCUT2D eigenvalue weighted by Crippen LogP contribution is -2.53. The molecule has 1 aromatic rings. The second-order valence-electron chi connectivity index (χ2n) is 6.45. The van der Waals surface area contributed by atoms with Crippen LogP contribution in [0.15, 0.2) is 24.3 Å². The fraction of sp³-hybridized carbons (Fsp3) is 0.684. The molecule has 0 heterocycles. The molecule has 0 radical (unpaired) electrons. The van der Waals surface area contributed by atoms with Crippen LogP contribution >= 0.6 is 0 Å². The van der Waals surface area contributed by atoms with Gasteiger partial charge >= 0.3 is 0 Å². The molecule has 118 valence electrons. The summed E-state index contributed by atoms with van der Waals surface area (Å²) in [6.45, 7) is 8.95. The molecule has 0 amide bonds. The molecule has 1 saturated carbocycles. The third kappa shape index (κ3) is 3.32. The molecule has 21 heavy (non-hydrogen) atoms. The van der Waals surface area contributed by atoms with Gasteiger partial charge in [-0.1, -0.05) is 64.3 Å². The molecular formula is C19H32N2.